The van der Waals surface area contributed by atoms with E-state index in [-0.39, 0.29) is 17.7 Å². The molecule has 0 radical (unpaired) electrons. The van der Waals surface area contributed by atoms with Crippen LogP contribution in [0.25, 0.3) is 11.1 Å². The number of nitrogens with zero attached hydrogens (tertiary/aromatic N) is 2. The largest absolute Gasteiger partial charge is 0.378 e. The molecule has 2 fully saturated rings. The van der Waals surface area contributed by atoms with Crippen LogP contribution in [-0.4, -0.2) is 51.2 Å². The van der Waals surface area contributed by atoms with Crippen LogP contribution >= 0.6 is 0 Å². The molecule has 0 aromatic heterocycles. The molecule has 2 heterocycles. The molecule has 0 aliphatic carbocycles. The predicted octanol–water partition coefficient (Wildman–Crippen LogP) is 4.82. The number of hydrogen-bond acceptors (Lipinski definition) is 4. The Balaban J connectivity index is 1.57. The smallest absolute Gasteiger partial charge is 0.225 e. The molecule has 2 aromatic carbocycles. The van der Waals surface area contributed by atoms with Crippen LogP contribution in [0.5, 0.6) is 0 Å². The highest BCUT2D eigenvalue weighted by Crippen LogP contribution is 2.44. The number of anilines is 1. The Bertz CT molecular complexity index is 938. The van der Waals surface area contributed by atoms with Gasteiger partial charge in [0.15, 0.2) is 5.79 Å². The zero-order chi connectivity index (χ0) is 22.9. The number of carbonyl (C=O) groups is 1. The number of rotatable bonds is 5. The summed E-state index contributed by atoms with van der Waals surface area (Å²) in [6.07, 6.45) is 1.79. The fraction of sp³-hybridized carbons (Fsp3) is 0.519. The molecular formula is C27H36N2O3. The molecular weight excluding hydrogens is 400 g/mol. The van der Waals surface area contributed by atoms with E-state index in [1.807, 2.05) is 18.7 Å². The summed E-state index contributed by atoms with van der Waals surface area (Å²) in [4.78, 5) is 16.5. The molecule has 5 heteroatoms. The molecule has 2 aliphatic rings. The van der Waals surface area contributed by atoms with Gasteiger partial charge in [0.05, 0.1) is 13.2 Å². The lowest BCUT2D eigenvalue weighted by atomic mass is 9.82. The summed E-state index contributed by atoms with van der Waals surface area (Å²) in [5, 5.41) is 0. The summed E-state index contributed by atoms with van der Waals surface area (Å²) in [5.41, 5.74) is 5.94. The second kappa shape index (κ2) is 9.24. The molecule has 1 amide bonds. The highest BCUT2D eigenvalue weighted by atomic mass is 16.7. The molecule has 0 saturated carbocycles. The summed E-state index contributed by atoms with van der Waals surface area (Å²) in [7, 11) is 4.11. The average Bonchev–Trinajstić information content (AvgIpc) is 3.30. The van der Waals surface area contributed by atoms with Gasteiger partial charge in [-0.15, -0.1) is 0 Å². The van der Waals surface area contributed by atoms with Crippen LogP contribution in [0.1, 0.15) is 37.8 Å². The van der Waals surface area contributed by atoms with Gasteiger partial charge in [-0.05, 0) is 48.6 Å². The van der Waals surface area contributed by atoms with Gasteiger partial charge in [0, 0.05) is 50.3 Å². The molecule has 2 aliphatic heterocycles. The zero-order valence-corrected chi connectivity index (χ0v) is 20.1. The van der Waals surface area contributed by atoms with Crippen molar-refractivity contribution in [2.75, 3.05) is 45.3 Å². The molecule has 0 atom stereocenters. The number of aryl methyl sites for hydroxylation is 1. The first kappa shape index (κ1) is 22.8. The summed E-state index contributed by atoms with van der Waals surface area (Å²) in [6.45, 7) is 8.85. The second-order valence-corrected chi connectivity index (χ2v) is 9.59. The van der Waals surface area contributed by atoms with Crippen molar-refractivity contribution in [3.8, 4) is 11.1 Å². The summed E-state index contributed by atoms with van der Waals surface area (Å²) < 4.78 is 12.6. The van der Waals surface area contributed by atoms with Crippen molar-refractivity contribution in [3.63, 3.8) is 0 Å². The Hall–Kier alpha value is -2.37. The zero-order valence-electron chi connectivity index (χ0n) is 20.1. The van der Waals surface area contributed by atoms with Gasteiger partial charge in [-0.3, -0.25) is 4.79 Å². The van der Waals surface area contributed by atoms with Crippen molar-refractivity contribution in [2.45, 2.75) is 39.4 Å². The maximum atomic E-state index is 12.4. The third-order valence-electron chi connectivity index (χ3n) is 6.88. The summed E-state index contributed by atoms with van der Waals surface area (Å²) >= 11 is 0. The number of ether oxygens (including phenoxy) is 2. The van der Waals surface area contributed by atoms with Crippen molar-refractivity contribution in [1.29, 1.82) is 0 Å². The Morgan fingerprint density at radius 2 is 1.66 bits per heavy atom. The van der Waals surface area contributed by atoms with Gasteiger partial charge in [0.25, 0.3) is 0 Å². The minimum atomic E-state index is -0.703. The minimum absolute atomic E-state index is 0.0430. The van der Waals surface area contributed by atoms with E-state index >= 15 is 0 Å². The summed E-state index contributed by atoms with van der Waals surface area (Å²) in [5.74, 6) is -0.177. The first-order valence-corrected chi connectivity index (χ1v) is 11.8. The van der Waals surface area contributed by atoms with Gasteiger partial charge in [-0.25, -0.2) is 0 Å². The van der Waals surface area contributed by atoms with E-state index < -0.39 is 5.79 Å². The Morgan fingerprint density at radius 3 is 2.19 bits per heavy atom. The van der Waals surface area contributed by atoms with E-state index in [9.17, 15) is 4.79 Å². The number of carbonyl (C=O) groups excluding carboxylic acids is 1. The van der Waals surface area contributed by atoms with Crippen LogP contribution < -0.4 is 4.90 Å². The SMILES string of the molecule is Cc1cc(C2(C3CCN(C(=O)C(C)C)CC3)OCCO2)ccc1-c1ccc(N(C)C)cc1. The topological polar surface area (TPSA) is 42.0 Å². The number of benzene rings is 2. The van der Waals surface area contributed by atoms with Crippen LogP contribution in [0.2, 0.25) is 0 Å². The lowest BCUT2D eigenvalue weighted by Crippen LogP contribution is -2.47. The van der Waals surface area contributed by atoms with Crippen LogP contribution in [0.3, 0.4) is 0 Å². The van der Waals surface area contributed by atoms with Gasteiger partial charge in [-0.2, -0.15) is 0 Å². The monoisotopic (exact) mass is 436 g/mol. The van der Waals surface area contributed by atoms with Gasteiger partial charge in [0.2, 0.25) is 5.91 Å². The van der Waals surface area contributed by atoms with Gasteiger partial charge in [-0.1, -0.05) is 44.2 Å². The maximum absolute atomic E-state index is 12.4. The van der Waals surface area contributed by atoms with Crippen LogP contribution in [0, 0.1) is 18.8 Å². The average molecular weight is 437 g/mol. The number of likely N-dealkylation sites (tertiary alicyclic amines) is 1. The van der Waals surface area contributed by atoms with E-state index in [4.69, 9.17) is 9.47 Å². The van der Waals surface area contributed by atoms with E-state index in [0.29, 0.717) is 13.2 Å². The second-order valence-electron chi connectivity index (χ2n) is 9.59. The fourth-order valence-electron chi connectivity index (χ4n) is 5.05. The normalized spacial score (nSPS) is 18.9. The van der Waals surface area contributed by atoms with Crippen LogP contribution in [0.15, 0.2) is 42.5 Å². The van der Waals surface area contributed by atoms with E-state index in [1.54, 1.807) is 0 Å². The summed E-state index contributed by atoms with van der Waals surface area (Å²) in [6, 6.07) is 15.2. The van der Waals surface area contributed by atoms with Crippen molar-refractivity contribution in [2.24, 2.45) is 11.8 Å². The Kier molecular flexibility index (Phi) is 6.59. The number of hydrogen-bond donors (Lipinski definition) is 0. The molecule has 172 valence electrons. The molecule has 4 rings (SSSR count). The lowest BCUT2D eigenvalue weighted by molar-refractivity contribution is -0.214. The van der Waals surface area contributed by atoms with Gasteiger partial charge >= 0.3 is 0 Å². The number of piperidine rings is 1. The standard InChI is InChI=1S/C27H36N2O3/c1-19(2)26(30)29-14-12-22(13-15-29)27(31-16-17-32-27)23-8-11-25(20(3)18-23)21-6-9-24(10-7-21)28(4)5/h6-11,18-19,22H,12-17H2,1-5H3. The van der Waals surface area contributed by atoms with Crippen molar-refractivity contribution < 1.29 is 14.3 Å². The third kappa shape index (κ3) is 4.28. The maximum Gasteiger partial charge on any atom is 0.225 e. The van der Waals surface area contributed by atoms with Crippen molar-refractivity contribution in [1.82, 2.24) is 4.90 Å². The van der Waals surface area contributed by atoms with Crippen LogP contribution in [-0.2, 0) is 20.1 Å². The molecule has 0 spiro atoms. The van der Waals surface area contributed by atoms with Gasteiger partial charge in [0.1, 0.15) is 0 Å². The van der Waals surface area contributed by atoms with Crippen molar-refractivity contribution >= 4 is 11.6 Å². The first-order valence-electron chi connectivity index (χ1n) is 11.8. The van der Waals surface area contributed by atoms with E-state index in [2.05, 4.69) is 68.4 Å². The van der Waals surface area contributed by atoms with E-state index in [1.165, 1.54) is 22.4 Å². The molecule has 0 unspecified atom stereocenters. The first-order chi connectivity index (χ1) is 15.3. The minimum Gasteiger partial charge on any atom is -0.378 e. The molecule has 5 nitrogen and oxygen atoms in total. The van der Waals surface area contributed by atoms with Crippen LogP contribution in [0.4, 0.5) is 5.69 Å². The predicted molar refractivity (Wildman–Crippen MR) is 129 cm³/mol. The molecule has 0 N–H and O–H groups in total. The van der Waals surface area contributed by atoms with Crippen molar-refractivity contribution in [3.05, 3.63) is 53.6 Å². The molecule has 32 heavy (non-hydrogen) atoms. The molecule has 2 saturated heterocycles. The Labute approximate surface area is 192 Å². The Morgan fingerprint density at radius 1 is 1.03 bits per heavy atom. The van der Waals surface area contributed by atoms with Gasteiger partial charge < -0.3 is 19.3 Å². The molecule has 0 bridgehead atoms. The van der Waals surface area contributed by atoms with E-state index in [0.717, 1.165) is 31.5 Å². The quantitative estimate of drug-likeness (QED) is 0.674. The molecule has 2 aromatic rings. The highest BCUT2D eigenvalue weighted by Gasteiger charge is 2.47. The number of amides is 1. The highest BCUT2D eigenvalue weighted by molar-refractivity contribution is 5.78. The third-order valence-corrected chi connectivity index (χ3v) is 6.88. The lowest BCUT2D eigenvalue weighted by Gasteiger charge is -2.41. The fourth-order valence-corrected chi connectivity index (χ4v) is 5.05.